The molecule has 3 amide bonds. The van der Waals surface area contributed by atoms with E-state index in [0.717, 1.165) is 4.90 Å². The van der Waals surface area contributed by atoms with Gasteiger partial charge >= 0.3 is 0 Å². The minimum Gasteiger partial charge on any atom is -0.324 e. The van der Waals surface area contributed by atoms with Crippen LogP contribution in [-0.2, 0) is 14.4 Å². The average Bonchev–Trinajstić information content (AvgIpc) is 2.82. The van der Waals surface area contributed by atoms with Crippen LogP contribution in [0.25, 0.3) is 0 Å². The van der Waals surface area contributed by atoms with Gasteiger partial charge < -0.3 is 5.32 Å². The van der Waals surface area contributed by atoms with Gasteiger partial charge in [0, 0.05) is 12.1 Å². The van der Waals surface area contributed by atoms with Crippen LogP contribution in [0.1, 0.15) is 18.4 Å². The predicted molar refractivity (Wildman–Crippen MR) is 88.5 cm³/mol. The van der Waals surface area contributed by atoms with Crippen LogP contribution in [0.15, 0.2) is 30.4 Å². The van der Waals surface area contributed by atoms with Crippen molar-refractivity contribution < 1.29 is 19.3 Å². The molecule has 25 heavy (non-hydrogen) atoms. The number of nitro groups is 1. The number of amides is 3. The van der Waals surface area contributed by atoms with Crippen LogP contribution in [0.4, 0.5) is 11.4 Å². The summed E-state index contributed by atoms with van der Waals surface area (Å²) in [5.41, 5.74) is 0.791. The van der Waals surface area contributed by atoms with Crippen molar-refractivity contribution in [1.29, 1.82) is 0 Å². The number of nitro benzene ring substituents is 1. The Morgan fingerprint density at radius 1 is 1.24 bits per heavy atom. The summed E-state index contributed by atoms with van der Waals surface area (Å²) in [7, 11) is 0. The molecule has 1 aromatic rings. The summed E-state index contributed by atoms with van der Waals surface area (Å²) in [5, 5.41) is 13.4. The minimum atomic E-state index is -0.558. The fourth-order valence-electron chi connectivity index (χ4n) is 3.22. The third kappa shape index (κ3) is 3.15. The third-order valence-corrected chi connectivity index (χ3v) is 4.61. The molecule has 0 unspecified atom stereocenters. The average molecular weight is 343 g/mol. The van der Waals surface area contributed by atoms with Crippen LogP contribution in [0.3, 0.4) is 0 Å². The molecule has 0 spiro atoms. The largest absolute Gasteiger partial charge is 0.324 e. The lowest BCUT2D eigenvalue weighted by molar-refractivity contribution is -0.384. The fraction of sp³-hybridized carbons (Fsp3) is 0.353. The zero-order valence-electron chi connectivity index (χ0n) is 13.6. The number of non-ortho nitro benzene ring substituents is 1. The summed E-state index contributed by atoms with van der Waals surface area (Å²) in [6.45, 7) is 1.32. The number of likely N-dealkylation sites (tertiary alicyclic amines) is 1. The molecule has 0 radical (unpaired) electrons. The van der Waals surface area contributed by atoms with Gasteiger partial charge in [-0.2, -0.15) is 0 Å². The molecule has 130 valence electrons. The molecule has 1 aliphatic heterocycles. The Balaban J connectivity index is 1.71. The van der Waals surface area contributed by atoms with E-state index in [1.54, 1.807) is 6.92 Å². The van der Waals surface area contributed by atoms with E-state index in [2.05, 4.69) is 5.32 Å². The molecular weight excluding hydrogens is 326 g/mol. The first-order chi connectivity index (χ1) is 11.9. The summed E-state index contributed by atoms with van der Waals surface area (Å²) in [5.74, 6) is -1.98. The van der Waals surface area contributed by atoms with E-state index in [4.69, 9.17) is 0 Å². The molecule has 2 atom stereocenters. The van der Waals surface area contributed by atoms with Crippen molar-refractivity contribution in [3.8, 4) is 0 Å². The van der Waals surface area contributed by atoms with E-state index >= 15 is 0 Å². The van der Waals surface area contributed by atoms with Crippen LogP contribution in [-0.4, -0.2) is 34.1 Å². The number of nitrogens with one attached hydrogen (secondary N) is 1. The molecule has 8 heteroatoms. The van der Waals surface area contributed by atoms with Gasteiger partial charge in [-0.1, -0.05) is 18.2 Å². The minimum absolute atomic E-state index is 0.147. The van der Waals surface area contributed by atoms with Gasteiger partial charge in [-0.25, -0.2) is 0 Å². The van der Waals surface area contributed by atoms with E-state index < -0.39 is 10.8 Å². The van der Waals surface area contributed by atoms with Crippen molar-refractivity contribution in [3.63, 3.8) is 0 Å². The topological polar surface area (TPSA) is 110 Å². The quantitative estimate of drug-likeness (QED) is 0.388. The summed E-state index contributed by atoms with van der Waals surface area (Å²) in [4.78, 5) is 48.2. The summed E-state index contributed by atoms with van der Waals surface area (Å²) in [6, 6.07) is 4.13. The number of fused-ring (bicyclic) bond motifs is 1. The highest BCUT2D eigenvalue weighted by molar-refractivity contribution is 6.09. The number of benzene rings is 1. The number of rotatable bonds is 4. The number of hydrogen-bond donors (Lipinski definition) is 1. The van der Waals surface area contributed by atoms with Gasteiger partial charge in [0.15, 0.2) is 0 Å². The van der Waals surface area contributed by atoms with Gasteiger partial charge in [-0.3, -0.25) is 29.4 Å². The number of carbonyl (C=O) groups is 3. The predicted octanol–water partition coefficient (Wildman–Crippen LogP) is 1.79. The standard InChI is InChI=1S/C17H17N3O5/c1-10-6-7-11(20(24)25)8-14(10)18-15(21)9-19-16(22)12-4-2-3-5-13(12)17(19)23/h2-3,6-8,12-13H,4-5,9H2,1H3,(H,18,21)/t12-,13-/m1/s1. The number of imide groups is 1. The number of anilines is 1. The third-order valence-electron chi connectivity index (χ3n) is 4.61. The lowest BCUT2D eigenvalue weighted by atomic mass is 9.85. The molecule has 8 nitrogen and oxygen atoms in total. The van der Waals surface area contributed by atoms with E-state index in [1.807, 2.05) is 12.2 Å². The second-order valence-corrected chi connectivity index (χ2v) is 6.22. The summed E-state index contributed by atoms with van der Waals surface area (Å²) < 4.78 is 0. The van der Waals surface area contributed by atoms with E-state index in [1.165, 1.54) is 18.2 Å². The Kier molecular flexibility index (Phi) is 4.35. The van der Waals surface area contributed by atoms with Gasteiger partial charge in [-0.05, 0) is 25.3 Å². The van der Waals surface area contributed by atoms with Crippen LogP contribution >= 0.6 is 0 Å². The summed E-state index contributed by atoms with van der Waals surface area (Å²) in [6.07, 6.45) is 4.78. The molecule has 3 rings (SSSR count). The van der Waals surface area contributed by atoms with Gasteiger partial charge in [0.25, 0.3) is 5.69 Å². The molecule has 2 aliphatic rings. The smallest absolute Gasteiger partial charge is 0.271 e. The van der Waals surface area contributed by atoms with Crippen molar-refractivity contribution in [1.82, 2.24) is 4.90 Å². The molecule has 0 aromatic heterocycles. The van der Waals surface area contributed by atoms with Crippen molar-refractivity contribution >= 4 is 29.1 Å². The number of hydrogen-bond acceptors (Lipinski definition) is 5. The monoisotopic (exact) mass is 343 g/mol. The highest BCUT2D eigenvalue weighted by atomic mass is 16.6. The Morgan fingerprint density at radius 3 is 2.40 bits per heavy atom. The molecule has 0 bridgehead atoms. The lowest BCUT2D eigenvalue weighted by Crippen LogP contribution is -2.38. The molecule has 1 saturated heterocycles. The van der Waals surface area contributed by atoms with Crippen molar-refractivity contribution in [2.45, 2.75) is 19.8 Å². The lowest BCUT2D eigenvalue weighted by Gasteiger charge is -2.15. The molecule has 1 N–H and O–H groups in total. The van der Waals surface area contributed by atoms with Crippen molar-refractivity contribution in [2.24, 2.45) is 11.8 Å². The maximum absolute atomic E-state index is 12.4. The van der Waals surface area contributed by atoms with Gasteiger partial charge in [-0.15, -0.1) is 0 Å². The number of nitrogens with zero attached hydrogens (tertiary/aromatic N) is 2. The summed E-state index contributed by atoms with van der Waals surface area (Å²) >= 11 is 0. The van der Waals surface area contributed by atoms with E-state index in [0.29, 0.717) is 18.4 Å². The first kappa shape index (κ1) is 16.8. The molecule has 1 aromatic carbocycles. The molecule has 1 fully saturated rings. The van der Waals surface area contributed by atoms with Crippen LogP contribution in [0.2, 0.25) is 0 Å². The fourth-order valence-corrected chi connectivity index (χ4v) is 3.22. The number of aryl methyl sites for hydroxylation is 1. The van der Waals surface area contributed by atoms with Crippen LogP contribution < -0.4 is 5.32 Å². The normalized spacial score (nSPS) is 22.0. The Bertz CT molecular complexity index is 775. The molecular formula is C17H17N3O5. The SMILES string of the molecule is Cc1ccc([N+](=O)[O-])cc1NC(=O)CN1C(=O)[C@@H]2CC=CC[C@H]2C1=O. The molecule has 0 saturated carbocycles. The maximum atomic E-state index is 12.4. The number of allylic oxidation sites excluding steroid dienone is 2. The highest BCUT2D eigenvalue weighted by Gasteiger charge is 2.47. The second-order valence-electron chi connectivity index (χ2n) is 6.22. The second kappa shape index (κ2) is 6.46. The maximum Gasteiger partial charge on any atom is 0.271 e. The Morgan fingerprint density at radius 2 is 1.84 bits per heavy atom. The first-order valence-corrected chi connectivity index (χ1v) is 7.93. The van der Waals surface area contributed by atoms with Gasteiger partial charge in [0.2, 0.25) is 17.7 Å². The van der Waals surface area contributed by atoms with Gasteiger partial charge in [0.1, 0.15) is 6.54 Å². The van der Waals surface area contributed by atoms with Crippen LogP contribution in [0.5, 0.6) is 0 Å². The zero-order valence-corrected chi connectivity index (χ0v) is 13.6. The molecule has 1 aliphatic carbocycles. The number of carbonyl (C=O) groups excluding carboxylic acids is 3. The molecule has 1 heterocycles. The van der Waals surface area contributed by atoms with E-state index in [9.17, 15) is 24.5 Å². The highest BCUT2D eigenvalue weighted by Crippen LogP contribution is 2.34. The van der Waals surface area contributed by atoms with Crippen LogP contribution in [0, 0.1) is 28.9 Å². The Labute approximate surface area is 143 Å². The van der Waals surface area contributed by atoms with E-state index in [-0.39, 0.29) is 41.6 Å². The zero-order chi connectivity index (χ0) is 18.1. The van der Waals surface area contributed by atoms with Crippen molar-refractivity contribution in [2.75, 3.05) is 11.9 Å². The van der Waals surface area contributed by atoms with Gasteiger partial charge in [0.05, 0.1) is 22.4 Å². The van der Waals surface area contributed by atoms with Crippen molar-refractivity contribution in [3.05, 3.63) is 46.0 Å². The Hall–Kier alpha value is -3.03. The first-order valence-electron chi connectivity index (χ1n) is 7.93.